The third-order valence-electron chi connectivity index (χ3n) is 3.81. The van der Waals surface area contributed by atoms with Gasteiger partial charge >= 0.3 is 6.18 Å². The molecule has 0 saturated carbocycles. The van der Waals surface area contributed by atoms with Crippen LogP contribution >= 0.6 is 35.3 Å². The van der Waals surface area contributed by atoms with Gasteiger partial charge < -0.3 is 15.5 Å². The maximum Gasteiger partial charge on any atom is 0.434 e. The molecule has 1 heterocycles. The molecule has 0 fully saturated rings. The van der Waals surface area contributed by atoms with Crippen LogP contribution in [0.1, 0.15) is 37.4 Å². The summed E-state index contributed by atoms with van der Waals surface area (Å²) >= 11 is 1.03. The molecule has 0 atom stereocenters. The van der Waals surface area contributed by atoms with Gasteiger partial charge in [0.25, 0.3) is 0 Å². The lowest BCUT2D eigenvalue weighted by Gasteiger charge is -2.20. The predicted molar refractivity (Wildman–Crippen MR) is 113 cm³/mol. The number of unbranched alkanes of at least 4 members (excludes halogenated alkanes) is 1. The Bertz CT molecular complexity index is 534. The number of hydrogen-bond donors (Lipinski definition) is 2. The van der Waals surface area contributed by atoms with Crippen molar-refractivity contribution in [3.8, 4) is 0 Å². The third kappa shape index (κ3) is 9.91. The number of nitrogens with zero attached hydrogens (tertiary/aromatic N) is 3. The zero-order valence-electron chi connectivity index (χ0n) is 15.7. The summed E-state index contributed by atoms with van der Waals surface area (Å²) in [6.45, 7) is 6.69. The number of halogens is 4. The van der Waals surface area contributed by atoms with Crippen molar-refractivity contribution in [1.29, 1.82) is 0 Å². The highest BCUT2D eigenvalue weighted by molar-refractivity contribution is 14.0. The van der Waals surface area contributed by atoms with E-state index in [1.807, 2.05) is 0 Å². The van der Waals surface area contributed by atoms with Crippen molar-refractivity contribution in [2.24, 2.45) is 4.99 Å². The van der Waals surface area contributed by atoms with Gasteiger partial charge in [-0.25, -0.2) is 4.98 Å². The molecular formula is C16H29F3IN5S. The Labute approximate surface area is 174 Å². The van der Waals surface area contributed by atoms with Crippen molar-refractivity contribution in [3.63, 3.8) is 0 Å². The van der Waals surface area contributed by atoms with Crippen LogP contribution in [-0.4, -0.2) is 55.6 Å². The monoisotopic (exact) mass is 507 g/mol. The molecule has 0 saturated heterocycles. The normalized spacial score (nSPS) is 12.4. The molecule has 0 spiro atoms. The first kappa shape index (κ1) is 25.4. The summed E-state index contributed by atoms with van der Waals surface area (Å²) in [5.41, 5.74) is -0.818. The molecule has 0 radical (unpaired) electrons. The average molecular weight is 507 g/mol. The average Bonchev–Trinajstić information content (AvgIpc) is 3.01. The lowest BCUT2D eigenvalue weighted by atomic mass is 10.2. The molecule has 5 nitrogen and oxygen atoms in total. The number of rotatable bonds is 9. The highest BCUT2D eigenvalue weighted by Crippen LogP contribution is 2.29. The second-order valence-corrected chi connectivity index (χ2v) is 7.02. The van der Waals surface area contributed by atoms with Crippen molar-refractivity contribution < 1.29 is 13.2 Å². The molecule has 0 aliphatic rings. The quantitative estimate of drug-likeness (QED) is 0.232. The van der Waals surface area contributed by atoms with Gasteiger partial charge in [0.1, 0.15) is 0 Å². The molecule has 0 amide bonds. The SMILES string of the molecule is CN=C(NCCCCN(C)C(C)C)NCCc1nc(C(F)(F)F)cs1.I. The number of nitrogens with one attached hydrogen (secondary N) is 2. The Kier molecular flexibility index (Phi) is 12.4. The molecule has 2 N–H and O–H groups in total. The number of aliphatic imine (C=N–C) groups is 1. The first-order valence-electron chi connectivity index (χ1n) is 8.40. The van der Waals surface area contributed by atoms with Gasteiger partial charge in [-0.2, -0.15) is 13.2 Å². The molecule has 152 valence electrons. The summed E-state index contributed by atoms with van der Waals surface area (Å²) < 4.78 is 37.5. The van der Waals surface area contributed by atoms with E-state index in [0.717, 1.165) is 42.6 Å². The maximum absolute atomic E-state index is 12.5. The summed E-state index contributed by atoms with van der Waals surface area (Å²) in [6, 6.07) is 0.547. The van der Waals surface area contributed by atoms with Gasteiger partial charge in [0.2, 0.25) is 0 Å². The van der Waals surface area contributed by atoms with Gasteiger partial charge in [0, 0.05) is 38.0 Å². The van der Waals surface area contributed by atoms with Gasteiger partial charge in [-0.3, -0.25) is 4.99 Å². The van der Waals surface area contributed by atoms with E-state index < -0.39 is 11.9 Å². The van der Waals surface area contributed by atoms with Crippen LogP contribution in [0.5, 0.6) is 0 Å². The topological polar surface area (TPSA) is 52.6 Å². The van der Waals surface area contributed by atoms with Gasteiger partial charge in [-0.05, 0) is 40.3 Å². The number of aromatic nitrogens is 1. The van der Waals surface area contributed by atoms with Crippen LogP contribution in [-0.2, 0) is 12.6 Å². The molecule has 0 aromatic carbocycles. The zero-order chi connectivity index (χ0) is 18.9. The van der Waals surface area contributed by atoms with E-state index in [-0.39, 0.29) is 24.0 Å². The van der Waals surface area contributed by atoms with Crippen LogP contribution in [0.4, 0.5) is 13.2 Å². The second-order valence-electron chi connectivity index (χ2n) is 6.08. The molecule has 0 bridgehead atoms. The van der Waals surface area contributed by atoms with E-state index in [9.17, 15) is 13.2 Å². The van der Waals surface area contributed by atoms with E-state index in [0.29, 0.717) is 30.0 Å². The van der Waals surface area contributed by atoms with Crippen LogP contribution in [0, 0.1) is 0 Å². The predicted octanol–water partition coefficient (Wildman–Crippen LogP) is 3.61. The van der Waals surface area contributed by atoms with Crippen LogP contribution in [0.25, 0.3) is 0 Å². The first-order valence-corrected chi connectivity index (χ1v) is 9.28. The van der Waals surface area contributed by atoms with Crippen LogP contribution in [0.3, 0.4) is 0 Å². The molecule has 1 aromatic heterocycles. The standard InChI is InChI=1S/C16H28F3N5S.HI/c1-12(2)24(4)10-6-5-8-21-15(20-3)22-9-7-14-23-13(11-25-14)16(17,18)19;/h11-12H,5-10H2,1-4H3,(H2,20,21,22);1H. The minimum atomic E-state index is -4.37. The second kappa shape index (κ2) is 12.7. The summed E-state index contributed by atoms with van der Waals surface area (Å²) in [5.74, 6) is 0.657. The Balaban J connectivity index is 0.00000625. The minimum absolute atomic E-state index is 0. The fourth-order valence-electron chi connectivity index (χ4n) is 2.02. The van der Waals surface area contributed by atoms with Crippen molar-refractivity contribution in [2.75, 3.05) is 33.7 Å². The van der Waals surface area contributed by atoms with Crippen LogP contribution in [0.15, 0.2) is 10.4 Å². The molecule has 26 heavy (non-hydrogen) atoms. The van der Waals surface area contributed by atoms with Crippen molar-refractivity contribution in [1.82, 2.24) is 20.5 Å². The van der Waals surface area contributed by atoms with E-state index in [2.05, 4.69) is 46.4 Å². The van der Waals surface area contributed by atoms with Crippen molar-refractivity contribution in [2.45, 2.75) is 45.3 Å². The van der Waals surface area contributed by atoms with E-state index in [1.165, 1.54) is 0 Å². The molecule has 1 aromatic rings. The fourth-order valence-corrected chi connectivity index (χ4v) is 2.82. The summed E-state index contributed by atoms with van der Waals surface area (Å²) in [7, 11) is 3.79. The lowest BCUT2D eigenvalue weighted by Crippen LogP contribution is -2.39. The van der Waals surface area contributed by atoms with E-state index in [1.54, 1.807) is 7.05 Å². The van der Waals surface area contributed by atoms with Crippen molar-refractivity contribution in [3.05, 3.63) is 16.1 Å². The highest BCUT2D eigenvalue weighted by atomic mass is 127. The van der Waals surface area contributed by atoms with Crippen molar-refractivity contribution >= 4 is 41.3 Å². The number of guanidine groups is 1. The minimum Gasteiger partial charge on any atom is -0.356 e. The Morgan fingerprint density at radius 3 is 2.46 bits per heavy atom. The summed E-state index contributed by atoms with van der Waals surface area (Å²) in [5, 5.41) is 7.83. The first-order chi connectivity index (χ1) is 11.7. The van der Waals surface area contributed by atoms with Gasteiger partial charge in [0.05, 0.1) is 5.01 Å². The smallest absolute Gasteiger partial charge is 0.356 e. The Morgan fingerprint density at radius 1 is 1.27 bits per heavy atom. The summed E-state index contributed by atoms with van der Waals surface area (Å²) in [4.78, 5) is 10.0. The Hall–Kier alpha value is -0.620. The molecule has 10 heteroatoms. The molecule has 1 rings (SSSR count). The molecule has 0 aliphatic heterocycles. The van der Waals surface area contributed by atoms with Gasteiger partial charge in [-0.15, -0.1) is 35.3 Å². The Morgan fingerprint density at radius 2 is 1.92 bits per heavy atom. The fraction of sp³-hybridized carbons (Fsp3) is 0.750. The number of alkyl halides is 3. The number of thiazole rings is 1. The highest BCUT2D eigenvalue weighted by Gasteiger charge is 2.33. The van der Waals surface area contributed by atoms with E-state index in [4.69, 9.17) is 0 Å². The van der Waals surface area contributed by atoms with E-state index >= 15 is 0 Å². The molecule has 0 aliphatic carbocycles. The van der Waals surface area contributed by atoms with Gasteiger partial charge in [-0.1, -0.05) is 0 Å². The zero-order valence-corrected chi connectivity index (χ0v) is 18.8. The lowest BCUT2D eigenvalue weighted by molar-refractivity contribution is -0.140. The van der Waals surface area contributed by atoms with Gasteiger partial charge in [0.15, 0.2) is 11.7 Å². The molecule has 0 unspecified atom stereocenters. The summed E-state index contributed by atoms with van der Waals surface area (Å²) in [6.07, 6.45) is -1.82. The third-order valence-corrected chi connectivity index (χ3v) is 4.72. The number of hydrogen-bond acceptors (Lipinski definition) is 4. The molecular weight excluding hydrogens is 478 g/mol. The van der Waals surface area contributed by atoms with Crippen LogP contribution < -0.4 is 10.6 Å². The van der Waals surface area contributed by atoms with Crippen LogP contribution in [0.2, 0.25) is 0 Å². The largest absolute Gasteiger partial charge is 0.434 e. The maximum atomic E-state index is 12.5.